The normalized spacial score (nSPS) is 13.3. The molecule has 0 saturated heterocycles. The van der Waals surface area contributed by atoms with E-state index in [0.717, 1.165) is 5.56 Å². The highest BCUT2D eigenvalue weighted by molar-refractivity contribution is 6.62. The van der Waals surface area contributed by atoms with Crippen LogP contribution in [-0.2, 0) is 16.1 Å². The fraction of sp³-hybridized carbons (Fsp3) is 0.273. The number of nitrogens with one attached hydrogen (secondary N) is 1. The van der Waals surface area contributed by atoms with Crippen LogP contribution in [0.4, 0.5) is 0 Å². The molecule has 18 heavy (non-hydrogen) atoms. The maximum atomic E-state index is 11.8. The smallest absolute Gasteiger partial charge is 0.480 e. The van der Waals surface area contributed by atoms with E-state index in [4.69, 9.17) is 9.76 Å². The number of rotatable bonds is 3. The topological polar surface area (TPSA) is 95.9 Å². The Labute approximate surface area is 104 Å². The van der Waals surface area contributed by atoms with Gasteiger partial charge in [-0.25, -0.2) is 0 Å². The zero-order chi connectivity index (χ0) is 13.3. The summed E-state index contributed by atoms with van der Waals surface area (Å²) < 4.78 is 5.07. The maximum Gasteiger partial charge on any atom is 0.492 e. The molecule has 1 amide bonds. The Kier molecular flexibility index (Phi) is 3.35. The van der Waals surface area contributed by atoms with Gasteiger partial charge in [0.1, 0.15) is 6.54 Å². The molecular formula is C11H12BNO5. The molecule has 0 bridgehead atoms. The summed E-state index contributed by atoms with van der Waals surface area (Å²) in [5.41, 5.74) is 2.40. The number of amides is 1. The van der Waals surface area contributed by atoms with Crippen LogP contribution >= 0.6 is 0 Å². The first-order valence-electron chi connectivity index (χ1n) is 5.42. The molecule has 0 spiro atoms. The third-order valence-electron chi connectivity index (χ3n) is 2.89. The van der Waals surface area contributed by atoms with Gasteiger partial charge in [0.15, 0.2) is 0 Å². The van der Waals surface area contributed by atoms with E-state index in [1.165, 1.54) is 0 Å². The standard InChI is InChI=1S/C11H12BNO5/c1-6-8(11(16)13-4-9(14)15)3-2-7-5-18-12(17)10(6)7/h2-3,17H,4-5H2,1H3,(H,13,16)(H,14,15). The molecule has 6 nitrogen and oxygen atoms in total. The minimum absolute atomic E-state index is 0.314. The monoisotopic (exact) mass is 249 g/mol. The minimum atomic E-state index is -1.11. The molecule has 1 aliphatic heterocycles. The molecule has 0 fully saturated rings. The van der Waals surface area contributed by atoms with E-state index in [2.05, 4.69) is 5.32 Å². The third-order valence-corrected chi connectivity index (χ3v) is 2.89. The Morgan fingerprint density at radius 2 is 2.22 bits per heavy atom. The van der Waals surface area contributed by atoms with Crippen LogP contribution in [0.25, 0.3) is 0 Å². The summed E-state index contributed by atoms with van der Waals surface area (Å²) >= 11 is 0. The molecule has 1 aromatic carbocycles. The fourth-order valence-corrected chi connectivity index (χ4v) is 2.00. The van der Waals surface area contributed by atoms with Crippen molar-refractivity contribution in [1.82, 2.24) is 5.32 Å². The number of hydrogen-bond acceptors (Lipinski definition) is 4. The Hall–Kier alpha value is -1.86. The van der Waals surface area contributed by atoms with Gasteiger partial charge in [0.2, 0.25) is 0 Å². The first kappa shape index (κ1) is 12.6. The Bertz CT molecular complexity index is 516. The molecule has 1 aliphatic rings. The number of carbonyl (C=O) groups is 2. The summed E-state index contributed by atoms with van der Waals surface area (Å²) in [7, 11) is -1.02. The summed E-state index contributed by atoms with van der Waals surface area (Å²) in [5, 5.41) is 20.4. The quantitative estimate of drug-likeness (QED) is 0.599. The van der Waals surface area contributed by atoms with E-state index in [0.29, 0.717) is 23.2 Å². The summed E-state index contributed by atoms with van der Waals surface area (Å²) in [6.07, 6.45) is 0. The predicted molar refractivity (Wildman–Crippen MR) is 63.5 cm³/mol. The predicted octanol–water partition coefficient (Wildman–Crippen LogP) is -0.973. The van der Waals surface area contributed by atoms with Crippen LogP contribution in [0.15, 0.2) is 12.1 Å². The SMILES string of the molecule is Cc1c(C(=O)NCC(=O)O)ccc2c1B(O)OC2. The molecule has 0 aliphatic carbocycles. The molecule has 0 saturated carbocycles. The van der Waals surface area contributed by atoms with Crippen molar-refractivity contribution < 1.29 is 24.4 Å². The fourth-order valence-electron chi connectivity index (χ4n) is 2.00. The van der Waals surface area contributed by atoms with E-state index in [9.17, 15) is 14.6 Å². The molecule has 1 heterocycles. The van der Waals surface area contributed by atoms with Crippen molar-refractivity contribution in [3.8, 4) is 0 Å². The lowest BCUT2D eigenvalue weighted by molar-refractivity contribution is -0.135. The second-order valence-corrected chi connectivity index (χ2v) is 4.05. The minimum Gasteiger partial charge on any atom is -0.480 e. The van der Waals surface area contributed by atoms with Crippen LogP contribution in [0.3, 0.4) is 0 Å². The van der Waals surface area contributed by atoms with Crippen LogP contribution in [0, 0.1) is 6.92 Å². The van der Waals surface area contributed by atoms with Gasteiger partial charge in [-0.05, 0) is 29.6 Å². The van der Waals surface area contributed by atoms with E-state index in [1.54, 1.807) is 19.1 Å². The van der Waals surface area contributed by atoms with Crippen molar-refractivity contribution in [2.45, 2.75) is 13.5 Å². The van der Waals surface area contributed by atoms with Crippen molar-refractivity contribution in [3.63, 3.8) is 0 Å². The molecule has 0 unspecified atom stereocenters. The van der Waals surface area contributed by atoms with Gasteiger partial charge in [0.05, 0.1) is 6.61 Å². The second-order valence-electron chi connectivity index (χ2n) is 4.05. The molecule has 0 atom stereocenters. The molecule has 7 heteroatoms. The lowest BCUT2D eigenvalue weighted by atomic mass is 9.75. The molecule has 0 radical (unpaired) electrons. The first-order valence-corrected chi connectivity index (χ1v) is 5.42. The van der Waals surface area contributed by atoms with E-state index in [-0.39, 0.29) is 0 Å². The van der Waals surface area contributed by atoms with Crippen LogP contribution in [-0.4, -0.2) is 35.7 Å². The average molecular weight is 249 g/mol. The second kappa shape index (κ2) is 4.79. The van der Waals surface area contributed by atoms with Crippen molar-refractivity contribution >= 4 is 24.5 Å². The van der Waals surface area contributed by atoms with Crippen LogP contribution in [0.5, 0.6) is 0 Å². The largest absolute Gasteiger partial charge is 0.492 e. The van der Waals surface area contributed by atoms with Crippen LogP contribution < -0.4 is 10.8 Å². The third kappa shape index (κ3) is 2.22. The van der Waals surface area contributed by atoms with Crippen LogP contribution in [0.1, 0.15) is 21.5 Å². The molecule has 94 valence electrons. The maximum absolute atomic E-state index is 11.8. The van der Waals surface area contributed by atoms with Gasteiger partial charge in [-0.3, -0.25) is 9.59 Å². The highest BCUT2D eigenvalue weighted by Gasteiger charge is 2.30. The van der Waals surface area contributed by atoms with E-state index < -0.39 is 25.5 Å². The lowest BCUT2D eigenvalue weighted by Crippen LogP contribution is -2.35. The van der Waals surface area contributed by atoms with Crippen LogP contribution in [0.2, 0.25) is 0 Å². The zero-order valence-corrected chi connectivity index (χ0v) is 9.77. The van der Waals surface area contributed by atoms with Gasteiger partial charge < -0.3 is 20.1 Å². The molecule has 1 aromatic rings. The van der Waals surface area contributed by atoms with Gasteiger partial charge in [-0.15, -0.1) is 0 Å². The summed E-state index contributed by atoms with van der Waals surface area (Å²) in [4.78, 5) is 22.2. The average Bonchev–Trinajstić information content (AvgIpc) is 2.69. The van der Waals surface area contributed by atoms with Gasteiger partial charge >= 0.3 is 13.1 Å². The van der Waals surface area contributed by atoms with Gasteiger partial charge in [0, 0.05) is 5.56 Å². The lowest BCUT2D eigenvalue weighted by Gasteiger charge is -2.10. The Balaban J connectivity index is 2.27. The molecule has 2 rings (SSSR count). The number of carboxylic acid groups (broad SMARTS) is 1. The molecule has 3 N–H and O–H groups in total. The Morgan fingerprint density at radius 1 is 1.50 bits per heavy atom. The number of benzene rings is 1. The van der Waals surface area contributed by atoms with Gasteiger partial charge in [-0.2, -0.15) is 0 Å². The highest BCUT2D eigenvalue weighted by Crippen LogP contribution is 2.16. The van der Waals surface area contributed by atoms with Crippen molar-refractivity contribution in [2.24, 2.45) is 0 Å². The van der Waals surface area contributed by atoms with Gasteiger partial charge in [0.25, 0.3) is 5.91 Å². The van der Waals surface area contributed by atoms with E-state index >= 15 is 0 Å². The number of hydrogen-bond donors (Lipinski definition) is 3. The first-order chi connectivity index (χ1) is 8.50. The molecule has 0 aromatic heterocycles. The summed E-state index contributed by atoms with van der Waals surface area (Å²) in [6, 6.07) is 3.31. The van der Waals surface area contributed by atoms with E-state index in [1.807, 2.05) is 0 Å². The number of fused-ring (bicyclic) bond motifs is 1. The zero-order valence-electron chi connectivity index (χ0n) is 9.77. The summed E-state index contributed by atoms with van der Waals surface area (Å²) in [6.45, 7) is 1.58. The Morgan fingerprint density at radius 3 is 2.89 bits per heavy atom. The summed E-state index contributed by atoms with van der Waals surface area (Å²) in [5.74, 6) is -1.58. The number of aliphatic carboxylic acids is 1. The van der Waals surface area contributed by atoms with Crippen molar-refractivity contribution in [2.75, 3.05) is 6.54 Å². The number of carbonyl (C=O) groups excluding carboxylic acids is 1. The van der Waals surface area contributed by atoms with Crippen molar-refractivity contribution in [1.29, 1.82) is 0 Å². The molecular weight excluding hydrogens is 237 g/mol. The highest BCUT2D eigenvalue weighted by atomic mass is 16.5. The number of carboxylic acids is 1. The van der Waals surface area contributed by atoms with Crippen molar-refractivity contribution in [3.05, 3.63) is 28.8 Å². The van der Waals surface area contributed by atoms with Gasteiger partial charge in [-0.1, -0.05) is 6.07 Å².